The van der Waals surface area contributed by atoms with Crippen molar-refractivity contribution in [3.05, 3.63) is 34.9 Å². The van der Waals surface area contributed by atoms with Crippen LogP contribution in [-0.2, 0) is 17.8 Å². The van der Waals surface area contributed by atoms with Crippen molar-refractivity contribution in [1.29, 1.82) is 0 Å². The first-order valence-electron chi connectivity index (χ1n) is 4.13. The molecule has 0 fully saturated rings. The number of aliphatic hydroxyl groups is 2. The number of ether oxygens (including phenoxy) is 1. The summed E-state index contributed by atoms with van der Waals surface area (Å²) in [6, 6.07) is 6.08. The lowest BCUT2D eigenvalue weighted by Gasteiger charge is -1.89. The van der Waals surface area contributed by atoms with E-state index in [9.17, 15) is 0 Å². The summed E-state index contributed by atoms with van der Waals surface area (Å²) in [5.41, 5.74) is 3.87. The highest BCUT2D eigenvalue weighted by atomic mass is 16.6. The SMILES string of the molecule is COCO.OCc1cccc2c1C2. The Bertz CT molecular complexity index is 269. The molecule has 0 amide bonds. The number of methoxy groups -OCH3 is 1. The lowest BCUT2D eigenvalue weighted by atomic mass is 10.2. The molecule has 0 atom stereocenters. The van der Waals surface area contributed by atoms with Gasteiger partial charge in [-0.2, -0.15) is 0 Å². The fourth-order valence-corrected chi connectivity index (χ4v) is 1.15. The maximum Gasteiger partial charge on any atom is 0.143 e. The first-order valence-corrected chi connectivity index (χ1v) is 4.13. The number of fused-ring (bicyclic) bond motifs is 1. The van der Waals surface area contributed by atoms with Gasteiger partial charge < -0.3 is 14.9 Å². The van der Waals surface area contributed by atoms with Crippen molar-refractivity contribution >= 4 is 0 Å². The molecule has 0 aliphatic heterocycles. The summed E-state index contributed by atoms with van der Waals surface area (Å²) >= 11 is 0. The third-order valence-corrected chi connectivity index (χ3v) is 1.91. The monoisotopic (exact) mass is 182 g/mol. The Labute approximate surface area is 77.6 Å². The van der Waals surface area contributed by atoms with Crippen LogP contribution in [0.2, 0.25) is 0 Å². The molecule has 1 aromatic carbocycles. The molecule has 0 saturated carbocycles. The lowest BCUT2D eigenvalue weighted by Crippen LogP contribution is -1.79. The van der Waals surface area contributed by atoms with Gasteiger partial charge in [-0.15, -0.1) is 0 Å². The molecule has 1 aliphatic rings. The topological polar surface area (TPSA) is 49.7 Å². The van der Waals surface area contributed by atoms with Crippen LogP contribution >= 0.6 is 0 Å². The Hall–Kier alpha value is -0.900. The molecule has 0 unspecified atom stereocenters. The van der Waals surface area contributed by atoms with Crippen LogP contribution in [0.5, 0.6) is 0 Å². The van der Waals surface area contributed by atoms with E-state index in [0.29, 0.717) is 0 Å². The lowest BCUT2D eigenvalue weighted by molar-refractivity contribution is 0.0325. The van der Waals surface area contributed by atoms with Gasteiger partial charge in [0.15, 0.2) is 0 Å². The molecule has 0 bridgehead atoms. The first-order chi connectivity index (χ1) is 6.33. The molecule has 0 radical (unpaired) electrons. The second-order valence-corrected chi connectivity index (χ2v) is 2.81. The van der Waals surface area contributed by atoms with E-state index in [1.54, 1.807) is 0 Å². The molecule has 1 aliphatic carbocycles. The van der Waals surface area contributed by atoms with Gasteiger partial charge in [0.25, 0.3) is 0 Å². The van der Waals surface area contributed by atoms with E-state index in [1.165, 1.54) is 18.2 Å². The molecule has 3 heteroatoms. The predicted molar refractivity (Wildman–Crippen MR) is 49.3 cm³/mol. The van der Waals surface area contributed by atoms with E-state index in [4.69, 9.17) is 10.2 Å². The third kappa shape index (κ3) is 2.81. The molecular weight excluding hydrogens is 168 g/mol. The Balaban J connectivity index is 0.000000184. The number of hydrogen-bond acceptors (Lipinski definition) is 3. The molecular formula is C10H14O3. The molecule has 1 aromatic rings. The van der Waals surface area contributed by atoms with E-state index in [-0.39, 0.29) is 13.4 Å². The second kappa shape index (κ2) is 4.97. The van der Waals surface area contributed by atoms with Crippen molar-refractivity contribution < 1.29 is 14.9 Å². The van der Waals surface area contributed by atoms with Crippen LogP contribution in [0.25, 0.3) is 0 Å². The molecule has 2 N–H and O–H groups in total. The minimum atomic E-state index is -0.181. The van der Waals surface area contributed by atoms with Crippen molar-refractivity contribution in [2.45, 2.75) is 13.0 Å². The van der Waals surface area contributed by atoms with Gasteiger partial charge in [0.2, 0.25) is 0 Å². The van der Waals surface area contributed by atoms with E-state index in [2.05, 4.69) is 10.8 Å². The van der Waals surface area contributed by atoms with Gasteiger partial charge >= 0.3 is 0 Å². The summed E-state index contributed by atoms with van der Waals surface area (Å²) in [6.07, 6.45) is 1.10. The van der Waals surface area contributed by atoms with Crippen LogP contribution < -0.4 is 0 Å². The summed E-state index contributed by atoms with van der Waals surface area (Å²) in [5, 5.41) is 16.4. The zero-order valence-electron chi connectivity index (χ0n) is 7.66. The normalized spacial score (nSPS) is 11.3. The van der Waals surface area contributed by atoms with Gasteiger partial charge in [0.1, 0.15) is 6.79 Å². The Morgan fingerprint density at radius 1 is 1.38 bits per heavy atom. The quantitative estimate of drug-likeness (QED) is 0.671. The minimum Gasteiger partial charge on any atom is -0.392 e. The summed E-state index contributed by atoms with van der Waals surface area (Å²) in [4.78, 5) is 0. The Morgan fingerprint density at radius 2 is 2.08 bits per heavy atom. The Kier molecular flexibility index (Phi) is 3.89. The van der Waals surface area contributed by atoms with Gasteiger partial charge in [0.05, 0.1) is 6.61 Å². The smallest absolute Gasteiger partial charge is 0.143 e. The van der Waals surface area contributed by atoms with E-state index in [1.807, 2.05) is 12.1 Å². The molecule has 2 rings (SSSR count). The van der Waals surface area contributed by atoms with Crippen molar-refractivity contribution in [1.82, 2.24) is 0 Å². The van der Waals surface area contributed by atoms with Crippen molar-refractivity contribution in [3.8, 4) is 0 Å². The van der Waals surface area contributed by atoms with Gasteiger partial charge in [-0.05, 0) is 23.1 Å². The average molecular weight is 182 g/mol. The summed E-state index contributed by atoms with van der Waals surface area (Å²) in [7, 11) is 1.43. The molecule has 0 aromatic heterocycles. The van der Waals surface area contributed by atoms with Gasteiger partial charge in [-0.25, -0.2) is 0 Å². The maximum absolute atomic E-state index is 8.75. The van der Waals surface area contributed by atoms with E-state index in [0.717, 1.165) is 12.0 Å². The first kappa shape index (κ1) is 10.2. The highest BCUT2D eigenvalue weighted by molar-refractivity contribution is 5.50. The average Bonchev–Trinajstić information content (AvgIpc) is 2.96. The predicted octanol–water partition coefficient (Wildman–Crippen LogP) is 0.666. The highest BCUT2D eigenvalue weighted by Crippen LogP contribution is 2.30. The van der Waals surface area contributed by atoms with Gasteiger partial charge in [-0.1, -0.05) is 18.2 Å². The van der Waals surface area contributed by atoms with Gasteiger partial charge in [-0.3, -0.25) is 0 Å². The Morgan fingerprint density at radius 3 is 2.54 bits per heavy atom. The van der Waals surface area contributed by atoms with Crippen LogP contribution in [0.1, 0.15) is 16.7 Å². The van der Waals surface area contributed by atoms with Crippen molar-refractivity contribution in [3.63, 3.8) is 0 Å². The van der Waals surface area contributed by atoms with Gasteiger partial charge in [0, 0.05) is 7.11 Å². The fourth-order valence-electron chi connectivity index (χ4n) is 1.15. The van der Waals surface area contributed by atoms with E-state index < -0.39 is 0 Å². The zero-order chi connectivity index (χ0) is 9.68. The molecule has 0 heterocycles. The van der Waals surface area contributed by atoms with Crippen LogP contribution in [0.15, 0.2) is 18.2 Å². The minimum absolute atomic E-state index is 0.181. The third-order valence-electron chi connectivity index (χ3n) is 1.91. The summed E-state index contributed by atoms with van der Waals surface area (Å²) in [5.74, 6) is 0. The molecule has 72 valence electrons. The highest BCUT2D eigenvalue weighted by Gasteiger charge is 2.18. The van der Waals surface area contributed by atoms with Crippen LogP contribution in [0.3, 0.4) is 0 Å². The maximum atomic E-state index is 8.75. The molecule has 3 nitrogen and oxygen atoms in total. The summed E-state index contributed by atoms with van der Waals surface area (Å²) < 4.78 is 4.10. The standard InChI is InChI=1S/C8H8O.C2H6O2/c9-5-7-3-1-2-6-4-8(6)7;1-4-2-3/h1-3,9H,4-5H2;3H,2H2,1H3. The van der Waals surface area contributed by atoms with Crippen molar-refractivity contribution in [2.24, 2.45) is 0 Å². The van der Waals surface area contributed by atoms with Crippen LogP contribution in [0.4, 0.5) is 0 Å². The fraction of sp³-hybridized carbons (Fsp3) is 0.400. The second-order valence-electron chi connectivity index (χ2n) is 2.81. The largest absolute Gasteiger partial charge is 0.392 e. The number of hydrogen-bond donors (Lipinski definition) is 2. The number of benzene rings is 1. The number of aliphatic hydroxyl groups excluding tert-OH is 2. The molecule has 13 heavy (non-hydrogen) atoms. The van der Waals surface area contributed by atoms with Crippen molar-refractivity contribution in [2.75, 3.05) is 13.9 Å². The van der Waals surface area contributed by atoms with E-state index >= 15 is 0 Å². The van der Waals surface area contributed by atoms with Crippen LogP contribution in [0, 0.1) is 0 Å². The summed E-state index contributed by atoms with van der Waals surface area (Å²) in [6.45, 7) is 0.0170. The molecule has 0 saturated heterocycles. The number of rotatable bonds is 2. The van der Waals surface area contributed by atoms with Crippen LogP contribution in [-0.4, -0.2) is 24.1 Å². The molecule has 0 spiro atoms. The zero-order valence-corrected chi connectivity index (χ0v) is 7.66.